The second kappa shape index (κ2) is 18.3. The molecule has 0 aromatic carbocycles. The Morgan fingerprint density at radius 2 is 1.36 bits per heavy atom. The van der Waals surface area contributed by atoms with Gasteiger partial charge in [0.1, 0.15) is 0 Å². The van der Waals surface area contributed by atoms with Gasteiger partial charge in [-0.15, -0.1) is 0 Å². The Bertz CT molecular complexity index is 141. The molecule has 0 aromatic heterocycles. The van der Waals surface area contributed by atoms with E-state index in [4.69, 9.17) is 5.73 Å². The molecule has 0 bridgehead atoms. The number of carboxylic acid groups (broad SMARTS) is 2. The van der Waals surface area contributed by atoms with E-state index in [0.717, 1.165) is 0 Å². The topological polar surface area (TPSA) is 232 Å². The summed E-state index contributed by atoms with van der Waals surface area (Å²) in [4.78, 5) is 19.3. The van der Waals surface area contributed by atoms with E-state index in [1.54, 1.807) is 0 Å². The molecule has 0 fully saturated rings. The van der Waals surface area contributed by atoms with Crippen molar-refractivity contribution in [1.82, 2.24) is 0 Å². The summed E-state index contributed by atoms with van der Waals surface area (Å²) in [5.41, 5.74) is 4.73. The molecule has 0 saturated heterocycles. The van der Waals surface area contributed by atoms with Gasteiger partial charge in [-0.1, -0.05) is 0 Å². The number of rotatable bonds is 3. The normalized spacial score (nSPS) is 8.07. The molecule has 9 nitrogen and oxygen atoms in total. The van der Waals surface area contributed by atoms with Crippen LogP contribution in [0.25, 0.3) is 0 Å². The van der Waals surface area contributed by atoms with Crippen molar-refractivity contribution in [1.29, 1.82) is 0 Å². The molecule has 1 atom stereocenters. The zero-order valence-electron chi connectivity index (χ0n) is 7.20. The number of hydrogen-bond acceptors (Lipinski definition) is 5. The average molecular weight is 227 g/mol. The fourth-order valence-corrected chi connectivity index (χ4v) is 0.263. The third-order valence-corrected chi connectivity index (χ3v) is 0.689. The van der Waals surface area contributed by atoms with E-state index in [0.29, 0.717) is 0 Å². The average Bonchev–Trinajstić information content (AvgIpc) is 1.63. The van der Waals surface area contributed by atoms with Crippen LogP contribution in [0.4, 0.5) is 0 Å². The van der Waals surface area contributed by atoms with Crippen molar-refractivity contribution >= 4 is 35.0 Å². The summed E-state index contributed by atoms with van der Waals surface area (Å²) in [5, 5.41) is 19.3. The summed E-state index contributed by atoms with van der Waals surface area (Å²) in [5.74, 6) is -3.08. The quantitative estimate of drug-likeness (QED) is 0.461. The molecule has 0 aliphatic heterocycles. The number of carbonyl (C=O) groups excluding carboxylic acids is 2. The van der Waals surface area contributed by atoms with Gasteiger partial charge in [0.25, 0.3) is 0 Å². The van der Waals surface area contributed by atoms with Crippen LogP contribution in [-0.4, -0.2) is 62.9 Å². The molecule has 0 aliphatic rings. The largest absolute Gasteiger partial charge is 2.00 e. The minimum atomic E-state index is -1.58. The van der Waals surface area contributed by atoms with Crippen LogP contribution in [-0.2, 0) is 9.59 Å². The van der Waals surface area contributed by atoms with Gasteiger partial charge in [0.2, 0.25) is 0 Å². The first-order chi connectivity index (χ1) is 4.04. The van der Waals surface area contributed by atoms with E-state index < -0.39 is 24.4 Å². The molecule has 0 unspecified atom stereocenters. The van der Waals surface area contributed by atoms with Crippen LogP contribution in [0.15, 0.2) is 0 Å². The zero-order chi connectivity index (χ0) is 7.44. The van der Waals surface area contributed by atoms with Crippen LogP contribution >= 0.6 is 0 Å². The molecule has 0 aromatic rings. The SMILES string of the molecule is N[C@@H](CC(=O)[O-])C(=O)[O-].O.O.O.O.[Mg+2]. The third-order valence-electron chi connectivity index (χ3n) is 0.689. The second-order valence-corrected chi connectivity index (χ2v) is 1.50. The number of nitrogens with two attached hydrogens (primary N) is 1. The van der Waals surface area contributed by atoms with Crippen LogP contribution < -0.4 is 15.9 Å². The molecule has 10 N–H and O–H groups in total. The first-order valence-corrected chi connectivity index (χ1v) is 2.20. The molecule has 0 amide bonds. The summed E-state index contributed by atoms with van der Waals surface area (Å²) < 4.78 is 0. The fourth-order valence-electron chi connectivity index (χ4n) is 0.263. The van der Waals surface area contributed by atoms with Gasteiger partial charge in [-0.25, -0.2) is 0 Å². The Morgan fingerprint density at radius 1 is 1.07 bits per heavy atom. The maximum atomic E-state index is 9.71. The van der Waals surface area contributed by atoms with Crippen LogP contribution in [0.2, 0.25) is 0 Å². The smallest absolute Gasteiger partial charge is 0.550 e. The zero-order valence-corrected chi connectivity index (χ0v) is 8.62. The molecule has 0 heterocycles. The summed E-state index contributed by atoms with van der Waals surface area (Å²) in [6.45, 7) is 0. The number of hydrogen-bond donors (Lipinski definition) is 1. The van der Waals surface area contributed by atoms with Gasteiger partial charge >= 0.3 is 23.1 Å². The van der Waals surface area contributed by atoms with Crippen molar-refractivity contribution in [2.75, 3.05) is 0 Å². The van der Waals surface area contributed by atoms with Gasteiger partial charge in [-0.2, -0.15) is 0 Å². The molecule has 14 heavy (non-hydrogen) atoms. The predicted molar refractivity (Wildman–Crippen MR) is 42.8 cm³/mol. The maximum Gasteiger partial charge on any atom is 2.00 e. The molecule has 0 spiro atoms. The number of aliphatic carboxylic acids is 2. The van der Waals surface area contributed by atoms with Crippen molar-refractivity contribution in [2.45, 2.75) is 12.5 Å². The Balaban J connectivity index is -0.0000000320. The minimum Gasteiger partial charge on any atom is -0.550 e. The van der Waals surface area contributed by atoms with Gasteiger partial charge in [0.15, 0.2) is 0 Å². The summed E-state index contributed by atoms with van der Waals surface area (Å²) in [7, 11) is 0. The number of carboxylic acids is 2. The van der Waals surface area contributed by atoms with Crippen molar-refractivity contribution in [2.24, 2.45) is 5.73 Å². The van der Waals surface area contributed by atoms with Crippen LogP contribution in [0.1, 0.15) is 6.42 Å². The third kappa shape index (κ3) is 22.5. The monoisotopic (exact) mass is 227 g/mol. The summed E-state index contributed by atoms with van der Waals surface area (Å²) >= 11 is 0. The van der Waals surface area contributed by atoms with E-state index >= 15 is 0 Å². The van der Waals surface area contributed by atoms with E-state index in [-0.39, 0.29) is 45.0 Å². The predicted octanol–water partition coefficient (Wildman–Crippen LogP) is -7.48. The molecule has 0 saturated carbocycles. The summed E-state index contributed by atoms with van der Waals surface area (Å²) in [6, 6.07) is -1.46. The van der Waals surface area contributed by atoms with Gasteiger partial charge in [-0.05, 0) is 0 Å². The molecule has 10 heteroatoms. The van der Waals surface area contributed by atoms with E-state index in [1.165, 1.54) is 0 Å². The van der Waals surface area contributed by atoms with Gasteiger partial charge < -0.3 is 47.4 Å². The van der Waals surface area contributed by atoms with E-state index in [1.807, 2.05) is 0 Å². The molecule has 0 aliphatic carbocycles. The molecule has 0 radical (unpaired) electrons. The Kier molecular flexibility index (Phi) is 49.1. The van der Waals surface area contributed by atoms with Crippen molar-refractivity contribution in [3.8, 4) is 0 Å². The minimum absolute atomic E-state index is 0. The first-order valence-electron chi connectivity index (χ1n) is 2.20. The van der Waals surface area contributed by atoms with Gasteiger partial charge in [0, 0.05) is 18.4 Å². The molecular formula is C4H13MgNO8. The van der Waals surface area contributed by atoms with Gasteiger partial charge in [0.05, 0.1) is 5.97 Å². The molecule has 84 valence electrons. The van der Waals surface area contributed by atoms with E-state index in [2.05, 4.69) is 0 Å². The van der Waals surface area contributed by atoms with Crippen LogP contribution in [0.3, 0.4) is 0 Å². The molecule has 0 rings (SSSR count). The Labute approximate surface area is 95.3 Å². The Hall–Kier alpha value is -0.494. The van der Waals surface area contributed by atoms with Crippen molar-refractivity contribution in [3.05, 3.63) is 0 Å². The fraction of sp³-hybridized carbons (Fsp3) is 0.500. The van der Waals surface area contributed by atoms with Crippen LogP contribution in [0, 0.1) is 0 Å². The number of carbonyl (C=O) groups is 2. The molecular weight excluding hydrogens is 214 g/mol. The van der Waals surface area contributed by atoms with Crippen molar-refractivity contribution in [3.63, 3.8) is 0 Å². The van der Waals surface area contributed by atoms with Crippen molar-refractivity contribution < 1.29 is 41.7 Å². The Morgan fingerprint density at radius 3 is 1.43 bits per heavy atom. The summed E-state index contributed by atoms with van der Waals surface area (Å²) in [6.07, 6.45) is -0.706. The second-order valence-electron chi connectivity index (χ2n) is 1.50. The maximum absolute atomic E-state index is 9.71. The standard InChI is InChI=1S/C4H7NO4.Mg.4H2O/c5-2(4(8)9)1-3(6)7;;;;;/h2H,1,5H2,(H,6,7)(H,8,9);;4*1H2/q;+2;;;;/p-2/t2-;;;;;/m0...../s1. The van der Waals surface area contributed by atoms with E-state index in [9.17, 15) is 19.8 Å². The van der Waals surface area contributed by atoms with Gasteiger partial charge in [-0.3, -0.25) is 0 Å². The van der Waals surface area contributed by atoms with Crippen LogP contribution in [0.5, 0.6) is 0 Å². The first kappa shape index (κ1) is 37.5.